The van der Waals surface area contributed by atoms with E-state index in [1.54, 1.807) is 23.1 Å². The molecule has 4 rings (SSSR count). The molecule has 0 aliphatic rings. The Morgan fingerprint density at radius 3 is 2.65 bits per heavy atom. The van der Waals surface area contributed by atoms with Crippen LogP contribution in [0.2, 0.25) is 5.02 Å². The number of nitrogens with one attached hydrogen (secondary N) is 1. The maximum atomic E-state index is 12.7. The number of rotatable bonds is 7. The van der Waals surface area contributed by atoms with Crippen molar-refractivity contribution in [2.24, 2.45) is 0 Å². The molecule has 3 aromatic carbocycles. The van der Waals surface area contributed by atoms with E-state index in [0.717, 1.165) is 21.3 Å². The molecule has 0 atom stereocenters. The van der Waals surface area contributed by atoms with Crippen molar-refractivity contribution >= 4 is 39.1 Å². The van der Waals surface area contributed by atoms with Crippen LogP contribution in [0.5, 0.6) is 5.75 Å². The van der Waals surface area contributed by atoms with Gasteiger partial charge in [-0.05, 0) is 63.5 Å². The summed E-state index contributed by atoms with van der Waals surface area (Å²) in [6, 6.07) is 22.6. The molecule has 0 saturated carbocycles. The van der Waals surface area contributed by atoms with Gasteiger partial charge in [-0.2, -0.15) is 5.10 Å². The van der Waals surface area contributed by atoms with E-state index < -0.39 is 0 Å². The van der Waals surface area contributed by atoms with Gasteiger partial charge in [-0.1, -0.05) is 48.0 Å². The van der Waals surface area contributed by atoms with Gasteiger partial charge in [-0.25, -0.2) is 0 Å². The lowest BCUT2D eigenvalue weighted by Gasteiger charge is -2.09. The normalized spacial score (nSPS) is 10.6. The number of para-hydroxylation sites is 1. The van der Waals surface area contributed by atoms with Crippen molar-refractivity contribution in [2.75, 3.05) is 5.32 Å². The van der Waals surface area contributed by atoms with Crippen molar-refractivity contribution in [1.29, 1.82) is 0 Å². The minimum absolute atomic E-state index is 0.200. The van der Waals surface area contributed by atoms with E-state index in [-0.39, 0.29) is 5.91 Å². The summed E-state index contributed by atoms with van der Waals surface area (Å²) in [5, 5.41) is 7.90. The highest BCUT2D eigenvalue weighted by atomic mass is 79.9. The molecule has 1 aromatic heterocycles. The van der Waals surface area contributed by atoms with Gasteiger partial charge < -0.3 is 10.1 Å². The fourth-order valence-electron chi connectivity index (χ4n) is 3.02. The average molecular weight is 497 g/mol. The summed E-state index contributed by atoms with van der Waals surface area (Å²) in [6.07, 6.45) is 3.43. The standard InChI is InChI=1S/C24H19BrClN3O2/c25-22-6-1-2-7-23(22)31-16-18-4-3-5-19(12-18)24(30)28-21-13-27-29(15-21)14-17-8-10-20(26)11-9-17/h1-13,15H,14,16H2,(H,28,30). The summed E-state index contributed by atoms with van der Waals surface area (Å²) >= 11 is 9.39. The zero-order chi connectivity index (χ0) is 21.6. The molecule has 1 N–H and O–H groups in total. The lowest BCUT2D eigenvalue weighted by molar-refractivity contribution is 0.102. The first-order valence-corrected chi connectivity index (χ1v) is 10.8. The summed E-state index contributed by atoms with van der Waals surface area (Å²) in [4.78, 5) is 12.7. The Morgan fingerprint density at radius 2 is 1.84 bits per heavy atom. The van der Waals surface area contributed by atoms with Gasteiger partial charge >= 0.3 is 0 Å². The van der Waals surface area contributed by atoms with E-state index in [1.807, 2.05) is 66.7 Å². The Bertz CT molecular complexity index is 1190. The Labute approximate surface area is 193 Å². The van der Waals surface area contributed by atoms with Crippen LogP contribution in [0, 0.1) is 0 Å². The predicted molar refractivity (Wildman–Crippen MR) is 126 cm³/mol. The van der Waals surface area contributed by atoms with Gasteiger partial charge in [0.2, 0.25) is 0 Å². The molecule has 0 spiro atoms. The molecule has 0 unspecified atom stereocenters. The number of halogens is 2. The number of carbonyl (C=O) groups is 1. The lowest BCUT2D eigenvalue weighted by atomic mass is 10.1. The molecule has 0 aliphatic heterocycles. The molecule has 7 heteroatoms. The van der Waals surface area contributed by atoms with Gasteiger partial charge in [0.25, 0.3) is 5.91 Å². The first-order valence-electron chi connectivity index (χ1n) is 9.61. The average Bonchev–Trinajstić information content (AvgIpc) is 3.21. The minimum atomic E-state index is -0.200. The van der Waals surface area contributed by atoms with E-state index in [4.69, 9.17) is 16.3 Å². The highest BCUT2D eigenvalue weighted by molar-refractivity contribution is 9.10. The molecule has 0 bridgehead atoms. The molecule has 1 amide bonds. The van der Waals surface area contributed by atoms with Crippen LogP contribution in [0.25, 0.3) is 0 Å². The number of benzene rings is 3. The summed E-state index contributed by atoms with van der Waals surface area (Å²) < 4.78 is 8.50. The summed E-state index contributed by atoms with van der Waals surface area (Å²) in [6.45, 7) is 0.956. The maximum absolute atomic E-state index is 12.7. The van der Waals surface area contributed by atoms with Gasteiger partial charge in [0.15, 0.2) is 0 Å². The highest BCUT2D eigenvalue weighted by Gasteiger charge is 2.09. The number of hydrogen-bond acceptors (Lipinski definition) is 3. The van der Waals surface area contributed by atoms with Gasteiger partial charge in [-0.3, -0.25) is 9.48 Å². The van der Waals surface area contributed by atoms with Crippen molar-refractivity contribution in [2.45, 2.75) is 13.2 Å². The Kier molecular flexibility index (Phi) is 6.70. The SMILES string of the molecule is O=C(Nc1cnn(Cc2ccc(Cl)cc2)c1)c1cccc(COc2ccccc2Br)c1. The molecule has 1 heterocycles. The summed E-state index contributed by atoms with van der Waals surface area (Å²) in [5.74, 6) is 0.555. The number of amides is 1. The quantitative estimate of drug-likeness (QED) is 0.332. The second kappa shape index (κ2) is 9.81. The van der Waals surface area contributed by atoms with Gasteiger partial charge in [0.1, 0.15) is 12.4 Å². The zero-order valence-electron chi connectivity index (χ0n) is 16.5. The van der Waals surface area contributed by atoms with Gasteiger partial charge in [0, 0.05) is 16.8 Å². The Morgan fingerprint density at radius 1 is 1.03 bits per heavy atom. The first kappa shape index (κ1) is 21.2. The van der Waals surface area contributed by atoms with E-state index in [0.29, 0.717) is 29.4 Å². The summed E-state index contributed by atoms with van der Waals surface area (Å²) in [5.41, 5.74) is 3.16. The molecule has 0 radical (unpaired) electrons. The number of ether oxygens (including phenoxy) is 1. The third-order valence-electron chi connectivity index (χ3n) is 4.57. The van der Waals surface area contributed by atoms with Crippen LogP contribution in [-0.2, 0) is 13.2 Å². The van der Waals surface area contributed by atoms with Crippen molar-refractivity contribution in [3.8, 4) is 5.75 Å². The molecular weight excluding hydrogens is 478 g/mol. The van der Waals surface area contributed by atoms with Crippen LogP contribution in [0.3, 0.4) is 0 Å². The van der Waals surface area contributed by atoms with Gasteiger partial charge in [-0.15, -0.1) is 0 Å². The number of carbonyl (C=O) groups excluding carboxylic acids is 1. The molecule has 0 saturated heterocycles. The minimum Gasteiger partial charge on any atom is -0.488 e. The third-order valence-corrected chi connectivity index (χ3v) is 5.48. The fraction of sp³-hybridized carbons (Fsp3) is 0.0833. The second-order valence-corrected chi connectivity index (χ2v) is 8.22. The monoisotopic (exact) mass is 495 g/mol. The van der Waals surface area contributed by atoms with Crippen LogP contribution in [0.4, 0.5) is 5.69 Å². The maximum Gasteiger partial charge on any atom is 0.255 e. The molecule has 0 aliphatic carbocycles. The third kappa shape index (κ3) is 5.75. The number of anilines is 1. The molecule has 156 valence electrons. The first-order chi connectivity index (χ1) is 15.1. The molecule has 0 fully saturated rings. The van der Waals surface area contributed by atoms with Crippen molar-refractivity contribution in [3.63, 3.8) is 0 Å². The van der Waals surface area contributed by atoms with Gasteiger partial charge in [0.05, 0.1) is 22.9 Å². The fourth-order valence-corrected chi connectivity index (χ4v) is 3.55. The van der Waals surface area contributed by atoms with Crippen molar-refractivity contribution in [3.05, 3.63) is 111 Å². The summed E-state index contributed by atoms with van der Waals surface area (Å²) in [7, 11) is 0. The van der Waals surface area contributed by atoms with Crippen LogP contribution in [0.1, 0.15) is 21.5 Å². The van der Waals surface area contributed by atoms with E-state index in [9.17, 15) is 4.79 Å². The molecule has 4 aromatic rings. The molecular formula is C24H19BrClN3O2. The van der Waals surface area contributed by atoms with E-state index in [2.05, 4.69) is 26.3 Å². The zero-order valence-corrected chi connectivity index (χ0v) is 18.8. The van der Waals surface area contributed by atoms with Crippen LogP contribution in [-0.4, -0.2) is 15.7 Å². The van der Waals surface area contributed by atoms with Crippen molar-refractivity contribution < 1.29 is 9.53 Å². The smallest absolute Gasteiger partial charge is 0.255 e. The second-order valence-electron chi connectivity index (χ2n) is 6.93. The Balaban J connectivity index is 1.37. The predicted octanol–water partition coefficient (Wildman–Crippen LogP) is 6.18. The number of aromatic nitrogens is 2. The number of nitrogens with zero attached hydrogens (tertiary/aromatic N) is 2. The number of hydrogen-bond donors (Lipinski definition) is 1. The largest absolute Gasteiger partial charge is 0.488 e. The van der Waals surface area contributed by atoms with Crippen LogP contribution in [0.15, 0.2) is 89.7 Å². The topological polar surface area (TPSA) is 56.2 Å². The Hall–Kier alpha value is -3.09. The van der Waals surface area contributed by atoms with Crippen LogP contribution >= 0.6 is 27.5 Å². The highest BCUT2D eigenvalue weighted by Crippen LogP contribution is 2.25. The molecule has 5 nitrogen and oxygen atoms in total. The van der Waals surface area contributed by atoms with Crippen LogP contribution < -0.4 is 10.1 Å². The van der Waals surface area contributed by atoms with Crippen molar-refractivity contribution in [1.82, 2.24) is 9.78 Å². The molecule has 31 heavy (non-hydrogen) atoms. The lowest BCUT2D eigenvalue weighted by Crippen LogP contribution is -2.12. The van der Waals surface area contributed by atoms with E-state index >= 15 is 0 Å². The van der Waals surface area contributed by atoms with E-state index in [1.165, 1.54) is 0 Å².